The molecule has 0 radical (unpaired) electrons. The van der Waals surface area contributed by atoms with Crippen LogP contribution in [0.5, 0.6) is 0 Å². The van der Waals surface area contributed by atoms with E-state index in [1.165, 1.54) is 5.56 Å². The molecule has 0 saturated carbocycles. The summed E-state index contributed by atoms with van der Waals surface area (Å²) in [5.74, 6) is 0. The van der Waals surface area contributed by atoms with Gasteiger partial charge in [0.1, 0.15) is 6.07 Å². The van der Waals surface area contributed by atoms with E-state index in [1.807, 2.05) is 31.3 Å². The topological polar surface area (TPSA) is 53.0 Å². The predicted octanol–water partition coefficient (Wildman–Crippen LogP) is 3.54. The van der Waals surface area contributed by atoms with Crippen molar-refractivity contribution in [3.63, 3.8) is 0 Å². The Hall–Kier alpha value is -1.99. The molecule has 96 valence electrons. The van der Waals surface area contributed by atoms with Crippen LogP contribution in [-0.2, 0) is 6.54 Å². The first-order valence-electron chi connectivity index (χ1n) is 5.85. The van der Waals surface area contributed by atoms with Crippen LogP contribution in [0.3, 0.4) is 0 Å². The molecule has 0 aliphatic heterocycles. The van der Waals surface area contributed by atoms with E-state index in [-0.39, 0.29) is 0 Å². The van der Waals surface area contributed by atoms with Crippen molar-refractivity contribution >= 4 is 27.3 Å². The molecule has 0 spiro atoms. The number of nitriles is 1. The Kier molecular flexibility index (Phi) is 4.08. The number of hydrogen-bond acceptors (Lipinski definition) is 3. The second-order valence-corrected chi connectivity index (χ2v) is 5.28. The largest absolute Gasteiger partial charge is 0.398 e. The summed E-state index contributed by atoms with van der Waals surface area (Å²) in [5, 5.41) is 8.86. The predicted molar refractivity (Wildman–Crippen MR) is 81.8 cm³/mol. The van der Waals surface area contributed by atoms with Crippen molar-refractivity contribution in [3.05, 3.63) is 58.1 Å². The zero-order valence-corrected chi connectivity index (χ0v) is 12.2. The van der Waals surface area contributed by atoms with Gasteiger partial charge in [-0.1, -0.05) is 28.1 Å². The Morgan fingerprint density at radius 3 is 2.47 bits per heavy atom. The lowest BCUT2D eigenvalue weighted by atomic mass is 10.1. The van der Waals surface area contributed by atoms with E-state index in [0.717, 1.165) is 16.7 Å². The van der Waals surface area contributed by atoms with Gasteiger partial charge in [-0.05, 0) is 35.9 Å². The van der Waals surface area contributed by atoms with Crippen LogP contribution in [0.2, 0.25) is 0 Å². The zero-order valence-electron chi connectivity index (χ0n) is 10.6. The van der Waals surface area contributed by atoms with Crippen LogP contribution in [0.25, 0.3) is 0 Å². The first kappa shape index (κ1) is 13.4. The molecular formula is C15H14BrN3. The van der Waals surface area contributed by atoms with Crippen molar-refractivity contribution in [2.75, 3.05) is 17.7 Å². The van der Waals surface area contributed by atoms with Gasteiger partial charge in [0.15, 0.2) is 0 Å². The molecule has 0 fully saturated rings. The van der Waals surface area contributed by atoms with Crippen LogP contribution in [0.1, 0.15) is 11.1 Å². The van der Waals surface area contributed by atoms with Crippen molar-refractivity contribution < 1.29 is 0 Å². The molecule has 0 bridgehead atoms. The van der Waals surface area contributed by atoms with Crippen LogP contribution in [0.15, 0.2) is 46.9 Å². The number of nitrogen functional groups attached to an aromatic ring is 1. The summed E-state index contributed by atoms with van der Waals surface area (Å²) < 4.78 is 1.07. The molecule has 19 heavy (non-hydrogen) atoms. The van der Waals surface area contributed by atoms with Gasteiger partial charge in [0.25, 0.3) is 0 Å². The van der Waals surface area contributed by atoms with Gasteiger partial charge in [0, 0.05) is 23.8 Å². The minimum atomic E-state index is 0.515. The molecule has 0 aliphatic carbocycles. The van der Waals surface area contributed by atoms with Crippen LogP contribution in [0, 0.1) is 11.3 Å². The molecule has 0 aliphatic rings. The second-order valence-electron chi connectivity index (χ2n) is 4.37. The van der Waals surface area contributed by atoms with Gasteiger partial charge in [-0.2, -0.15) is 5.26 Å². The van der Waals surface area contributed by atoms with Gasteiger partial charge >= 0.3 is 0 Å². The monoisotopic (exact) mass is 315 g/mol. The van der Waals surface area contributed by atoms with E-state index in [1.54, 1.807) is 6.07 Å². The number of nitrogens with two attached hydrogens (primary N) is 1. The van der Waals surface area contributed by atoms with Gasteiger partial charge in [-0.3, -0.25) is 0 Å². The third-order valence-electron chi connectivity index (χ3n) is 2.93. The SMILES string of the molecule is CN(Cc1ccc(Br)cc1)c1ccc(C#N)c(N)c1. The minimum absolute atomic E-state index is 0.515. The molecule has 0 atom stereocenters. The van der Waals surface area contributed by atoms with E-state index in [9.17, 15) is 0 Å². The molecule has 0 aromatic heterocycles. The van der Waals surface area contributed by atoms with Crippen LogP contribution in [-0.4, -0.2) is 7.05 Å². The number of benzene rings is 2. The molecule has 2 aromatic rings. The van der Waals surface area contributed by atoms with Gasteiger partial charge in [0.05, 0.1) is 11.3 Å². The zero-order chi connectivity index (χ0) is 13.8. The Morgan fingerprint density at radius 1 is 1.21 bits per heavy atom. The lowest BCUT2D eigenvalue weighted by Gasteiger charge is -2.20. The molecule has 0 saturated heterocycles. The van der Waals surface area contributed by atoms with Gasteiger partial charge in [-0.25, -0.2) is 0 Å². The summed E-state index contributed by atoms with van der Waals surface area (Å²) in [4.78, 5) is 2.10. The normalized spacial score (nSPS) is 9.95. The van der Waals surface area contributed by atoms with Crippen molar-refractivity contribution in [2.45, 2.75) is 6.54 Å². The third-order valence-corrected chi connectivity index (χ3v) is 3.46. The summed E-state index contributed by atoms with van der Waals surface area (Å²) >= 11 is 3.42. The number of anilines is 2. The molecule has 0 amide bonds. The summed E-state index contributed by atoms with van der Waals surface area (Å²) in [6, 6.07) is 15.8. The Labute approximate surface area is 121 Å². The van der Waals surface area contributed by atoms with E-state index < -0.39 is 0 Å². The first-order chi connectivity index (χ1) is 9.10. The van der Waals surface area contributed by atoms with Gasteiger partial charge in [-0.15, -0.1) is 0 Å². The van der Waals surface area contributed by atoms with E-state index in [4.69, 9.17) is 11.0 Å². The smallest absolute Gasteiger partial charge is 0.101 e. The maximum Gasteiger partial charge on any atom is 0.101 e. The van der Waals surface area contributed by atoms with Gasteiger partial charge < -0.3 is 10.6 Å². The lowest BCUT2D eigenvalue weighted by molar-refractivity contribution is 0.923. The van der Waals surface area contributed by atoms with Crippen LogP contribution in [0.4, 0.5) is 11.4 Å². The Morgan fingerprint density at radius 2 is 1.89 bits per heavy atom. The summed E-state index contributed by atoms with van der Waals surface area (Å²) in [7, 11) is 2.00. The van der Waals surface area contributed by atoms with E-state index in [0.29, 0.717) is 11.3 Å². The summed E-state index contributed by atoms with van der Waals surface area (Å²) in [5.41, 5.74) is 9.07. The molecule has 0 heterocycles. The fourth-order valence-corrected chi connectivity index (χ4v) is 2.11. The molecule has 4 heteroatoms. The van der Waals surface area contributed by atoms with Crippen molar-refractivity contribution in [3.8, 4) is 6.07 Å². The van der Waals surface area contributed by atoms with E-state index in [2.05, 4.69) is 39.0 Å². The number of rotatable bonds is 3. The highest BCUT2D eigenvalue weighted by Crippen LogP contribution is 2.22. The first-order valence-corrected chi connectivity index (χ1v) is 6.64. The second kappa shape index (κ2) is 5.77. The Bertz CT molecular complexity index is 614. The van der Waals surface area contributed by atoms with Crippen LogP contribution < -0.4 is 10.6 Å². The van der Waals surface area contributed by atoms with Crippen molar-refractivity contribution in [1.29, 1.82) is 5.26 Å². The average Bonchev–Trinajstić information content (AvgIpc) is 2.41. The molecule has 3 nitrogen and oxygen atoms in total. The number of hydrogen-bond donors (Lipinski definition) is 1. The molecule has 0 unspecified atom stereocenters. The van der Waals surface area contributed by atoms with Gasteiger partial charge in [0.2, 0.25) is 0 Å². The minimum Gasteiger partial charge on any atom is -0.398 e. The summed E-state index contributed by atoms with van der Waals surface area (Å²) in [6.45, 7) is 0.790. The lowest BCUT2D eigenvalue weighted by Crippen LogP contribution is -2.16. The van der Waals surface area contributed by atoms with Crippen molar-refractivity contribution in [2.24, 2.45) is 0 Å². The fraction of sp³-hybridized carbons (Fsp3) is 0.133. The average molecular weight is 316 g/mol. The molecular weight excluding hydrogens is 302 g/mol. The summed E-state index contributed by atoms with van der Waals surface area (Å²) in [6.07, 6.45) is 0. The maximum atomic E-state index is 8.86. The maximum absolute atomic E-state index is 8.86. The molecule has 2 N–H and O–H groups in total. The number of nitrogens with zero attached hydrogens (tertiary/aromatic N) is 2. The van der Waals surface area contributed by atoms with E-state index >= 15 is 0 Å². The van der Waals surface area contributed by atoms with Crippen LogP contribution >= 0.6 is 15.9 Å². The highest BCUT2D eigenvalue weighted by atomic mass is 79.9. The van der Waals surface area contributed by atoms with Crippen molar-refractivity contribution in [1.82, 2.24) is 0 Å². The standard InChI is InChI=1S/C15H14BrN3/c1-19(10-11-2-5-13(16)6-3-11)14-7-4-12(9-17)15(18)8-14/h2-8H,10,18H2,1H3. The fourth-order valence-electron chi connectivity index (χ4n) is 1.84. The highest BCUT2D eigenvalue weighted by molar-refractivity contribution is 9.10. The number of halogens is 1. The Balaban J connectivity index is 2.16. The molecule has 2 rings (SSSR count). The quantitative estimate of drug-likeness (QED) is 0.881. The third kappa shape index (κ3) is 3.27. The molecule has 2 aromatic carbocycles. The highest BCUT2D eigenvalue weighted by Gasteiger charge is 2.05.